The lowest BCUT2D eigenvalue weighted by Crippen LogP contribution is -2.34. The Morgan fingerprint density at radius 3 is 2.07 bits per heavy atom. The SMILES string of the molecule is CS(=O)(=O)c1cccc(-c2ccccc2)c1NC(=S)NC(=O)c1ccccc1. The van der Waals surface area contributed by atoms with Crippen LogP contribution in [0.3, 0.4) is 0 Å². The molecule has 7 heteroatoms. The van der Waals surface area contributed by atoms with Gasteiger partial charge in [0.2, 0.25) is 0 Å². The molecule has 0 aliphatic heterocycles. The van der Waals surface area contributed by atoms with Crippen molar-refractivity contribution in [3.8, 4) is 11.1 Å². The molecule has 0 saturated heterocycles. The zero-order valence-corrected chi connectivity index (χ0v) is 16.7. The van der Waals surface area contributed by atoms with Gasteiger partial charge in [-0.25, -0.2) is 8.42 Å². The monoisotopic (exact) mass is 410 g/mol. The standard InChI is InChI=1S/C21H18N2O3S2/c1-28(25,26)18-14-8-13-17(15-9-4-2-5-10-15)19(18)22-21(27)23-20(24)16-11-6-3-7-12-16/h2-14H,1H3,(H2,22,23,24,27). The molecule has 0 aliphatic carbocycles. The van der Waals surface area contributed by atoms with Crippen molar-refractivity contribution < 1.29 is 13.2 Å². The molecule has 28 heavy (non-hydrogen) atoms. The molecule has 2 N–H and O–H groups in total. The van der Waals surface area contributed by atoms with Crippen LogP contribution >= 0.6 is 12.2 Å². The first-order valence-corrected chi connectivity index (χ1v) is 10.7. The second-order valence-electron chi connectivity index (χ2n) is 6.09. The van der Waals surface area contributed by atoms with Crippen molar-refractivity contribution in [2.75, 3.05) is 11.6 Å². The van der Waals surface area contributed by atoms with Crippen molar-refractivity contribution >= 4 is 38.8 Å². The van der Waals surface area contributed by atoms with Gasteiger partial charge < -0.3 is 5.32 Å². The molecule has 3 rings (SSSR count). The number of anilines is 1. The first kappa shape index (κ1) is 19.7. The molecule has 3 aromatic carbocycles. The van der Waals surface area contributed by atoms with E-state index >= 15 is 0 Å². The number of amides is 1. The van der Waals surface area contributed by atoms with Gasteiger partial charge in [-0.05, 0) is 36.0 Å². The van der Waals surface area contributed by atoms with Gasteiger partial charge in [0.25, 0.3) is 5.91 Å². The van der Waals surface area contributed by atoms with Crippen LogP contribution < -0.4 is 10.6 Å². The molecule has 0 saturated carbocycles. The van der Waals surface area contributed by atoms with Crippen LogP contribution in [0.4, 0.5) is 5.69 Å². The van der Waals surface area contributed by atoms with Crippen LogP contribution in [-0.2, 0) is 9.84 Å². The molecule has 0 unspecified atom stereocenters. The number of benzene rings is 3. The minimum atomic E-state index is -3.53. The van der Waals surface area contributed by atoms with Crippen LogP contribution in [0, 0.1) is 0 Å². The second kappa shape index (κ2) is 8.33. The molecule has 3 aromatic rings. The maximum atomic E-state index is 12.3. The van der Waals surface area contributed by atoms with E-state index in [9.17, 15) is 13.2 Å². The van der Waals surface area contributed by atoms with Gasteiger partial charge in [-0.3, -0.25) is 10.1 Å². The molecule has 0 heterocycles. The van der Waals surface area contributed by atoms with Crippen LogP contribution in [0.5, 0.6) is 0 Å². The van der Waals surface area contributed by atoms with Gasteiger partial charge in [0.05, 0.1) is 10.6 Å². The molecule has 142 valence electrons. The Bertz CT molecular complexity index is 1110. The lowest BCUT2D eigenvalue weighted by molar-refractivity contribution is 0.0977. The number of rotatable bonds is 4. The van der Waals surface area contributed by atoms with E-state index in [4.69, 9.17) is 12.2 Å². The maximum Gasteiger partial charge on any atom is 0.257 e. The van der Waals surface area contributed by atoms with Gasteiger partial charge in [0, 0.05) is 17.4 Å². The molecule has 5 nitrogen and oxygen atoms in total. The van der Waals surface area contributed by atoms with Crippen LogP contribution in [0.2, 0.25) is 0 Å². The lowest BCUT2D eigenvalue weighted by Gasteiger charge is -2.17. The smallest absolute Gasteiger partial charge is 0.257 e. The third-order valence-electron chi connectivity index (χ3n) is 4.01. The van der Waals surface area contributed by atoms with Gasteiger partial charge in [0.1, 0.15) is 0 Å². The van der Waals surface area contributed by atoms with E-state index in [1.807, 2.05) is 36.4 Å². The third-order valence-corrected chi connectivity index (χ3v) is 5.36. The summed E-state index contributed by atoms with van der Waals surface area (Å²) in [5.41, 5.74) is 2.27. The van der Waals surface area contributed by atoms with E-state index in [0.717, 1.165) is 11.8 Å². The number of nitrogens with one attached hydrogen (secondary N) is 2. The molecule has 0 aromatic heterocycles. The summed E-state index contributed by atoms with van der Waals surface area (Å²) < 4.78 is 24.6. The van der Waals surface area contributed by atoms with Crippen molar-refractivity contribution in [3.05, 3.63) is 84.4 Å². The Hall–Kier alpha value is -3.03. The predicted molar refractivity (Wildman–Crippen MR) is 115 cm³/mol. The summed E-state index contributed by atoms with van der Waals surface area (Å²) in [6.07, 6.45) is 1.13. The predicted octanol–water partition coefficient (Wildman–Crippen LogP) is 3.88. The summed E-state index contributed by atoms with van der Waals surface area (Å²) >= 11 is 5.27. The third kappa shape index (κ3) is 4.62. The maximum absolute atomic E-state index is 12.3. The molecule has 1 amide bonds. The molecule has 0 spiro atoms. The first-order valence-electron chi connectivity index (χ1n) is 8.42. The van der Waals surface area contributed by atoms with E-state index in [1.165, 1.54) is 6.07 Å². The fraction of sp³-hybridized carbons (Fsp3) is 0.0476. The molecular formula is C21H18N2O3S2. The number of sulfone groups is 1. The number of hydrogen-bond acceptors (Lipinski definition) is 4. The van der Waals surface area contributed by atoms with E-state index in [0.29, 0.717) is 16.8 Å². The summed E-state index contributed by atoms with van der Waals surface area (Å²) in [6, 6.07) is 23.0. The second-order valence-corrected chi connectivity index (χ2v) is 8.48. The number of para-hydroxylation sites is 1. The molecule has 0 aliphatic rings. The van der Waals surface area contributed by atoms with Crippen LogP contribution in [0.15, 0.2) is 83.8 Å². The Morgan fingerprint density at radius 1 is 0.857 bits per heavy atom. The van der Waals surface area contributed by atoms with E-state index in [1.54, 1.807) is 36.4 Å². The molecular weight excluding hydrogens is 392 g/mol. The van der Waals surface area contributed by atoms with Gasteiger partial charge in [-0.1, -0.05) is 60.7 Å². The van der Waals surface area contributed by atoms with Crippen molar-refractivity contribution in [3.63, 3.8) is 0 Å². The van der Waals surface area contributed by atoms with Crippen molar-refractivity contribution in [2.45, 2.75) is 4.90 Å². The number of hydrogen-bond donors (Lipinski definition) is 2. The highest BCUT2D eigenvalue weighted by atomic mass is 32.2. The number of carbonyl (C=O) groups excluding carboxylic acids is 1. The fourth-order valence-electron chi connectivity index (χ4n) is 2.74. The summed E-state index contributed by atoms with van der Waals surface area (Å²) in [7, 11) is -3.53. The largest absolute Gasteiger partial charge is 0.331 e. The summed E-state index contributed by atoms with van der Waals surface area (Å²) in [6.45, 7) is 0. The van der Waals surface area contributed by atoms with Crippen LogP contribution in [0.1, 0.15) is 10.4 Å². The van der Waals surface area contributed by atoms with Crippen LogP contribution in [0.25, 0.3) is 11.1 Å². The van der Waals surface area contributed by atoms with Gasteiger partial charge in [-0.2, -0.15) is 0 Å². The average molecular weight is 411 g/mol. The van der Waals surface area contributed by atoms with E-state index in [-0.39, 0.29) is 15.9 Å². The fourth-order valence-corrected chi connectivity index (χ4v) is 3.79. The van der Waals surface area contributed by atoms with Crippen molar-refractivity contribution in [2.24, 2.45) is 0 Å². The van der Waals surface area contributed by atoms with Gasteiger partial charge >= 0.3 is 0 Å². The Morgan fingerprint density at radius 2 is 1.46 bits per heavy atom. The minimum absolute atomic E-state index is 0.0159. The zero-order chi connectivity index (χ0) is 20.1. The summed E-state index contributed by atoms with van der Waals surface area (Å²) in [4.78, 5) is 12.4. The number of thiocarbonyl (C=S) groups is 1. The highest BCUT2D eigenvalue weighted by Gasteiger charge is 2.19. The van der Waals surface area contributed by atoms with Gasteiger partial charge in [0.15, 0.2) is 14.9 Å². The molecule has 0 fully saturated rings. The average Bonchev–Trinajstić information content (AvgIpc) is 2.68. The summed E-state index contributed by atoms with van der Waals surface area (Å²) in [5, 5.41) is 5.51. The molecule has 0 atom stereocenters. The van der Waals surface area contributed by atoms with Crippen molar-refractivity contribution in [1.29, 1.82) is 0 Å². The molecule has 0 radical (unpaired) electrons. The highest BCUT2D eigenvalue weighted by molar-refractivity contribution is 7.90. The Balaban J connectivity index is 1.96. The zero-order valence-electron chi connectivity index (χ0n) is 15.0. The summed E-state index contributed by atoms with van der Waals surface area (Å²) in [5.74, 6) is -0.379. The van der Waals surface area contributed by atoms with E-state index < -0.39 is 9.84 Å². The van der Waals surface area contributed by atoms with Gasteiger partial charge in [-0.15, -0.1) is 0 Å². The normalized spacial score (nSPS) is 10.9. The van der Waals surface area contributed by atoms with Crippen LogP contribution in [-0.4, -0.2) is 25.7 Å². The highest BCUT2D eigenvalue weighted by Crippen LogP contribution is 2.33. The Kier molecular flexibility index (Phi) is 5.87. The van der Waals surface area contributed by atoms with Crippen molar-refractivity contribution in [1.82, 2.24) is 5.32 Å². The lowest BCUT2D eigenvalue weighted by atomic mass is 10.0. The minimum Gasteiger partial charge on any atom is -0.331 e. The Labute approximate surface area is 169 Å². The number of carbonyl (C=O) groups is 1. The topological polar surface area (TPSA) is 75.3 Å². The quantitative estimate of drug-likeness (QED) is 0.639. The first-order chi connectivity index (χ1) is 13.4. The van der Waals surface area contributed by atoms with E-state index in [2.05, 4.69) is 10.6 Å². The molecule has 0 bridgehead atoms.